The Kier molecular flexibility index (Phi) is 2.59. The van der Waals surface area contributed by atoms with Crippen molar-refractivity contribution >= 4 is 28.2 Å². The van der Waals surface area contributed by atoms with E-state index in [4.69, 9.17) is 17.3 Å². The summed E-state index contributed by atoms with van der Waals surface area (Å²) in [5.41, 5.74) is 5.89. The van der Waals surface area contributed by atoms with Gasteiger partial charge in [-0.25, -0.2) is 4.39 Å². The first-order chi connectivity index (χ1) is 7.54. The van der Waals surface area contributed by atoms with Gasteiger partial charge in [-0.3, -0.25) is 4.79 Å². The van der Waals surface area contributed by atoms with Crippen molar-refractivity contribution in [1.29, 1.82) is 0 Å². The lowest BCUT2D eigenvalue weighted by Crippen LogP contribution is -2.13. The van der Waals surface area contributed by atoms with Gasteiger partial charge in [0.25, 0.3) is 0 Å². The van der Waals surface area contributed by atoms with Crippen LogP contribution in [0.15, 0.2) is 23.1 Å². The number of rotatable bonds is 1. The van der Waals surface area contributed by atoms with Crippen LogP contribution in [0.4, 0.5) is 10.1 Å². The van der Waals surface area contributed by atoms with Crippen LogP contribution < -0.4 is 11.2 Å². The van der Waals surface area contributed by atoms with Gasteiger partial charge in [0, 0.05) is 12.7 Å². The number of nitrogens with two attached hydrogens (primary N) is 1. The summed E-state index contributed by atoms with van der Waals surface area (Å²) < 4.78 is 15.0. The molecule has 84 valence electrons. The molecule has 0 radical (unpaired) electrons. The first kappa shape index (κ1) is 11.0. The predicted molar refractivity (Wildman–Crippen MR) is 63.3 cm³/mol. The van der Waals surface area contributed by atoms with Crippen LogP contribution in [0, 0.1) is 5.82 Å². The van der Waals surface area contributed by atoms with Gasteiger partial charge in [-0.2, -0.15) is 0 Å². The standard InChI is InChI=1S/C11H10ClFN2O/c1-2-15-5-9(14)11(16)6-3-8(13)7(12)4-10(6)15/h3-5H,2,14H2,1H3. The molecule has 0 bridgehead atoms. The number of hydrogen-bond donors (Lipinski definition) is 1. The molecule has 0 saturated heterocycles. The molecule has 2 aromatic rings. The third kappa shape index (κ3) is 1.55. The van der Waals surface area contributed by atoms with E-state index in [1.54, 1.807) is 10.8 Å². The van der Waals surface area contributed by atoms with Gasteiger partial charge in [-0.05, 0) is 19.1 Å². The maximum Gasteiger partial charge on any atom is 0.212 e. The fourth-order valence-corrected chi connectivity index (χ4v) is 1.83. The van der Waals surface area contributed by atoms with E-state index >= 15 is 0 Å². The first-order valence-electron chi connectivity index (χ1n) is 4.82. The van der Waals surface area contributed by atoms with Gasteiger partial charge < -0.3 is 10.3 Å². The summed E-state index contributed by atoms with van der Waals surface area (Å²) in [5, 5.41) is 0.252. The molecule has 2 rings (SSSR count). The van der Waals surface area contributed by atoms with Crippen molar-refractivity contribution in [3.05, 3.63) is 39.4 Å². The molecule has 2 N–H and O–H groups in total. The second kappa shape index (κ2) is 3.79. The molecule has 5 heteroatoms. The highest BCUT2D eigenvalue weighted by molar-refractivity contribution is 6.31. The number of benzene rings is 1. The van der Waals surface area contributed by atoms with Crippen LogP contribution in [0.2, 0.25) is 5.02 Å². The fraction of sp³-hybridized carbons (Fsp3) is 0.182. The van der Waals surface area contributed by atoms with Gasteiger partial charge in [0.1, 0.15) is 5.82 Å². The number of aryl methyl sites for hydroxylation is 1. The minimum Gasteiger partial charge on any atom is -0.394 e. The molecule has 0 fully saturated rings. The Morgan fingerprint density at radius 1 is 1.50 bits per heavy atom. The molecule has 0 aliphatic rings. The second-order valence-electron chi connectivity index (χ2n) is 3.48. The van der Waals surface area contributed by atoms with Crippen LogP contribution in [-0.4, -0.2) is 4.57 Å². The Morgan fingerprint density at radius 2 is 2.19 bits per heavy atom. The van der Waals surface area contributed by atoms with E-state index in [0.717, 1.165) is 6.07 Å². The number of fused-ring (bicyclic) bond motifs is 1. The lowest BCUT2D eigenvalue weighted by atomic mass is 10.2. The number of anilines is 1. The third-order valence-electron chi connectivity index (χ3n) is 2.49. The molecule has 1 aromatic carbocycles. The highest BCUT2D eigenvalue weighted by atomic mass is 35.5. The molecule has 0 amide bonds. The van der Waals surface area contributed by atoms with Crippen LogP contribution in [0.25, 0.3) is 10.9 Å². The van der Waals surface area contributed by atoms with E-state index < -0.39 is 5.82 Å². The summed E-state index contributed by atoms with van der Waals surface area (Å²) in [6.45, 7) is 2.53. The lowest BCUT2D eigenvalue weighted by Gasteiger charge is -2.10. The fourth-order valence-electron chi connectivity index (χ4n) is 1.67. The molecule has 0 atom stereocenters. The third-order valence-corrected chi connectivity index (χ3v) is 2.78. The molecule has 0 aliphatic heterocycles. The number of aromatic nitrogens is 1. The molecule has 0 aliphatic carbocycles. The van der Waals surface area contributed by atoms with Crippen molar-refractivity contribution in [1.82, 2.24) is 4.57 Å². The molecule has 0 unspecified atom stereocenters. The summed E-state index contributed by atoms with van der Waals surface area (Å²) in [4.78, 5) is 11.7. The molecule has 1 heterocycles. The highest BCUT2D eigenvalue weighted by Gasteiger charge is 2.10. The zero-order valence-corrected chi connectivity index (χ0v) is 9.38. The summed E-state index contributed by atoms with van der Waals surface area (Å²) in [6, 6.07) is 2.57. The van der Waals surface area contributed by atoms with E-state index in [0.29, 0.717) is 12.1 Å². The molecule has 0 spiro atoms. The Bertz CT molecular complexity index is 621. The normalized spacial score (nSPS) is 10.9. The number of nitrogen functional groups attached to an aromatic ring is 1. The largest absolute Gasteiger partial charge is 0.394 e. The van der Waals surface area contributed by atoms with Crippen molar-refractivity contribution in [2.75, 3.05) is 5.73 Å². The average Bonchev–Trinajstić information content (AvgIpc) is 2.26. The van der Waals surface area contributed by atoms with Crippen molar-refractivity contribution in [3.8, 4) is 0 Å². The number of pyridine rings is 1. The molecule has 0 saturated carbocycles. The van der Waals surface area contributed by atoms with E-state index in [9.17, 15) is 9.18 Å². The van der Waals surface area contributed by atoms with Crippen molar-refractivity contribution in [2.45, 2.75) is 13.5 Å². The number of nitrogens with zero attached hydrogens (tertiary/aromatic N) is 1. The molecular weight excluding hydrogens is 231 g/mol. The van der Waals surface area contributed by atoms with Crippen molar-refractivity contribution < 1.29 is 4.39 Å². The van der Waals surface area contributed by atoms with Crippen molar-refractivity contribution in [3.63, 3.8) is 0 Å². The second-order valence-corrected chi connectivity index (χ2v) is 3.89. The maximum absolute atomic E-state index is 13.3. The van der Waals surface area contributed by atoms with Crippen LogP contribution in [0.1, 0.15) is 6.92 Å². The van der Waals surface area contributed by atoms with Crippen LogP contribution in [0.3, 0.4) is 0 Å². The molecular formula is C11H10ClFN2O. The topological polar surface area (TPSA) is 48.0 Å². The van der Waals surface area contributed by atoms with Gasteiger partial charge in [0.05, 0.1) is 21.6 Å². The number of hydrogen-bond acceptors (Lipinski definition) is 2. The predicted octanol–water partition coefficient (Wildman–Crippen LogP) is 2.40. The SMILES string of the molecule is CCn1cc(N)c(=O)c2cc(F)c(Cl)cc21. The zero-order chi connectivity index (χ0) is 11.9. The highest BCUT2D eigenvalue weighted by Crippen LogP contribution is 2.21. The number of halogens is 2. The first-order valence-corrected chi connectivity index (χ1v) is 5.20. The summed E-state index contributed by atoms with van der Waals surface area (Å²) >= 11 is 5.69. The Labute approximate surface area is 96.2 Å². The zero-order valence-electron chi connectivity index (χ0n) is 8.63. The smallest absolute Gasteiger partial charge is 0.212 e. The van der Waals surface area contributed by atoms with Gasteiger partial charge in [-0.1, -0.05) is 11.6 Å². The Hall–Kier alpha value is -1.55. The summed E-state index contributed by atoms with van der Waals surface area (Å²) in [7, 11) is 0. The lowest BCUT2D eigenvalue weighted by molar-refractivity contribution is 0.629. The van der Waals surface area contributed by atoms with Crippen LogP contribution >= 0.6 is 11.6 Å². The molecule has 16 heavy (non-hydrogen) atoms. The average molecular weight is 241 g/mol. The van der Waals surface area contributed by atoms with Gasteiger partial charge in [-0.15, -0.1) is 0 Å². The van der Waals surface area contributed by atoms with Gasteiger partial charge in [0.15, 0.2) is 0 Å². The van der Waals surface area contributed by atoms with Gasteiger partial charge in [0.2, 0.25) is 5.43 Å². The maximum atomic E-state index is 13.3. The van der Waals surface area contributed by atoms with Crippen LogP contribution in [0.5, 0.6) is 0 Å². The van der Waals surface area contributed by atoms with E-state index in [1.165, 1.54) is 6.07 Å². The van der Waals surface area contributed by atoms with Gasteiger partial charge >= 0.3 is 0 Å². The quantitative estimate of drug-likeness (QED) is 0.832. The molecule has 1 aromatic heterocycles. The van der Waals surface area contributed by atoms with Crippen LogP contribution in [-0.2, 0) is 6.54 Å². The minimum absolute atomic E-state index is 0.00104. The van der Waals surface area contributed by atoms with Crippen molar-refractivity contribution in [2.24, 2.45) is 0 Å². The summed E-state index contributed by atoms with van der Waals surface area (Å²) in [5.74, 6) is -0.612. The van der Waals surface area contributed by atoms with E-state index in [2.05, 4.69) is 0 Å². The Balaban J connectivity index is 2.99. The molecule has 3 nitrogen and oxygen atoms in total. The minimum atomic E-state index is -0.612. The Morgan fingerprint density at radius 3 is 2.81 bits per heavy atom. The van der Waals surface area contributed by atoms with E-state index in [-0.39, 0.29) is 21.5 Å². The summed E-state index contributed by atoms with van der Waals surface area (Å²) in [6.07, 6.45) is 1.54. The monoisotopic (exact) mass is 240 g/mol. The van der Waals surface area contributed by atoms with E-state index in [1.807, 2.05) is 6.92 Å².